The first-order valence-electron chi connectivity index (χ1n) is 9.27. The molecule has 0 aromatic heterocycles. The van der Waals surface area contributed by atoms with Gasteiger partial charge in [0.15, 0.2) is 5.96 Å². The lowest BCUT2D eigenvalue weighted by Crippen LogP contribution is -2.42. The van der Waals surface area contributed by atoms with E-state index in [1.807, 2.05) is 61.5 Å². The van der Waals surface area contributed by atoms with Gasteiger partial charge in [-0.2, -0.15) is 0 Å². The predicted molar refractivity (Wildman–Crippen MR) is 130 cm³/mol. The molecule has 0 bridgehead atoms. The quantitative estimate of drug-likeness (QED) is 0.295. The maximum Gasteiger partial charge on any atom is 0.191 e. The van der Waals surface area contributed by atoms with E-state index in [0.717, 1.165) is 16.9 Å². The summed E-state index contributed by atoms with van der Waals surface area (Å²) in [4.78, 5) is 4.21. The van der Waals surface area contributed by atoms with Crippen LogP contribution in [0.25, 0.3) is 0 Å². The van der Waals surface area contributed by atoms with E-state index >= 15 is 0 Å². The Balaban J connectivity index is 0.00000420. The lowest BCUT2D eigenvalue weighted by Gasteiger charge is -2.18. The van der Waals surface area contributed by atoms with Gasteiger partial charge in [-0.25, -0.2) is 8.42 Å². The van der Waals surface area contributed by atoms with Crippen LogP contribution in [0.15, 0.2) is 59.6 Å². The minimum Gasteiger partial charge on any atom is -0.489 e. The second-order valence-electron chi connectivity index (χ2n) is 6.77. The normalized spacial score (nSPS) is 12.6. The summed E-state index contributed by atoms with van der Waals surface area (Å²) in [7, 11) is -1.28. The molecule has 2 aromatic rings. The monoisotopic (exact) mass is 531 g/mol. The molecule has 160 valence electrons. The molecule has 6 nitrogen and oxygen atoms in total. The molecule has 0 amide bonds. The van der Waals surface area contributed by atoms with Crippen molar-refractivity contribution in [3.05, 3.63) is 65.7 Å². The second-order valence-corrected chi connectivity index (χ2v) is 9.03. The summed E-state index contributed by atoms with van der Waals surface area (Å²) in [5.74, 6) is 1.59. The highest BCUT2D eigenvalue weighted by atomic mass is 127. The number of hydrogen-bond donors (Lipinski definition) is 2. The number of para-hydroxylation sites is 1. The van der Waals surface area contributed by atoms with Crippen molar-refractivity contribution >= 4 is 39.8 Å². The molecule has 29 heavy (non-hydrogen) atoms. The number of nitrogens with one attached hydrogen (secondary N) is 2. The van der Waals surface area contributed by atoms with Gasteiger partial charge < -0.3 is 15.4 Å². The number of halogens is 1. The Morgan fingerprint density at radius 3 is 2.41 bits per heavy atom. The Kier molecular flexibility index (Phi) is 11.0. The topological polar surface area (TPSA) is 79.8 Å². The molecule has 2 aromatic carbocycles. The summed E-state index contributed by atoms with van der Waals surface area (Å²) in [5.41, 5.74) is 2.13. The summed E-state index contributed by atoms with van der Waals surface area (Å²) in [6.45, 7) is 2.99. The fourth-order valence-corrected chi connectivity index (χ4v) is 3.38. The van der Waals surface area contributed by atoms with Crippen LogP contribution in [0.3, 0.4) is 0 Å². The van der Waals surface area contributed by atoms with Crippen LogP contribution in [0.2, 0.25) is 0 Å². The molecule has 0 aliphatic heterocycles. The highest BCUT2D eigenvalue weighted by Crippen LogP contribution is 2.19. The fraction of sp³-hybridized carbons (Fsp3) is 0.381. The van der Waals surface area contributed by atoms with E-state index in [2.05, 4.69) is 15.6 Å². The van der Waals surface area contributed by atoms with Crippen molar-refractivity contribution in [2.75, 3.05) is 19.1 Å². The predicted octanol–water partition coefficient (Wildman–Crippen LogP) is 3.37. The highest BCUT2D eigenvalue weighted by Gasteiger charge is 2.10. The van der Waals surface area contributed by atoms with Crippen molar-refractivity contribution in [1.82, 2.24) is 10.6 Å². The molecular formula is C21H30IN3O3S. The molecular weight excluding hydrogens is 501 g/mol. The molecule has 0 saturated carbocycles. The average molecular weight is 531 g/mol. The molecule has 0 aliphatic carbocycles. The van der Waals surface area contributed by atoms with Crippen LogP contribution in [-0.2, 0) is 23.0 Å². The van der Waals surface area contributed by atoms with Crippen molar-refractivity contribution < 1.29 is 13.2 Å². The standard InChI is InChI=1S/C21H29N3O3S.HI/c1-17(13-14-28(3,25)26)24-21(22-2)23-15-19-11-7-8-12-20(19)27-16-18-9-5-4-6-10-18;/h4-12,17H,13-16H2,1-3H3,(H2,22,23,24);1H. The highest BCUT2D eigenvalue weighted by molar-refractivity contribution is 14.0. The van der Waals surface area contributed by atoms with Gasteiger partial charge in [0.25, 0.3) is 0 Å². The molecule has 0 aliphatic rings. The van der Waals surface area contributed by atoms with Gasteiger partial charge in [-0.1, -0.05) is 48.5 Å². The van der Waals surface area contributed by atoms with Crippen molar-refractivity contribution in [2.45, 2.75) is 32.5 Å². The summed E-state index contributed by atoms with van der Waals surface area (Å²) in [6, 6.07) is 17.9. The number of rotatable bonds is 9. The molecule has 1 atom stereocenters. The number of sulfone groups is 1. The maximum atomic E-state index is 11.3. The molecule has 0 radical (unpaired) electrons. The van der Waals surface area contributed by atoms with Gasteiger partial charge in [0.05, 0.1) is 5.75 Å². The van der Waals surface area contributed by atoms with Gasteiger partial charge in [-0.3, -0.25) is 4.99 Å². The largest absolute Gasteiger partial charge is 0.489 e. The molecule has 2 N–H and O–H groups in total. The number of ether oxygens (including phenoxy) is 1. The molecule has 0 spiro atoms. The molecule has 8 heteroatoms. The van der Waals surface area contributed by atoms with E-state index in [1.165, 1.54) is 6.26 Å². The van der Waals surface area contributed by atoms with Crippen molar-refractivity contribution in [3.63, 3.8) is 0 Å². The van der Waals surface area contributed by atoms with Crippen molar-refractivity contribution in [3.8, 4) is 5.75 Å². The number of hydrogen-bond acceptors (Lipinski definition) is 4. The third kappa shape index (κ3) is 9.98. The third-order valence-electron chi connectivity index (χ3n) is 4.18. The SMILES string of the molecule is CN=C(NCc1ccccc1OCc1ccccc1)NC(C)CCS(C)(=O)=O.I. The van der Waals surface area contributed by atoms with Crippen LogP contribution in [0.4, 0.5) is 0 Å². The van der Waals surface area contributed by atoms with E-state index in [-0.39, 0.29) is 35.8 Å². The van der Waals surface area contributed by atoms with Crippen LogP contribution in [-0.4, -0.2) is 39.5 Å². The van der Waals surface area contributed by atoms with E-state index in [4.69, 9.17) is 4.74 Å². The molecule has 0 heterocycles. The first-order valence-corrected chi connectivity index (χ1v) is 11.3. The Morgan fingerprint density at radius 1 is 1.10 bits per heavy atom. The van der Waals surface area contributed by atoms with E-state index in [0.29, 0.717) is 25.5 Å². The van der Waals surface area contributed by atoms with Gasteiger partial charge in [0, 0.05) is 31.5 Å². The molecule has 1 unspecified atom stereocenters. The Morgan fingerprint density at radius 2 is 1.76 bits per heavy atom. The minimum atomic E-state index is -2.97. The number of nitrogens with zero attached hydrogens (tertiary/aromatic N) is 1. The molecule has 2 rings (SSSR count). The smallest absolute Gasteiger partial charge is 0.191 e. The lowest BCUT2D eigenvalue weighted by atomic mass is 10.2. The molecule has 0 fully saturated rings. The van der Waals surface area contributed by atoms with Crippen LogP contribution in [0.5, 0.6) is 5.75 Å². The Hall–Kier alpha value is -1.81. The maximum absolute atomic E-state index is 11.3. The van der Waals surface area contributed by atoms with Gasteiger partial charge in [-0.15, -0.1) is 24.0 Å². The lowest BCUT2D eigenvalue weighted by molar-refractivity contribution is 0.302. The second kappa shape index (κ2) is 12.7. The zero-order valence-electron chi connectivity index (χ0n) is 17.1. The van der Waals surface area contributed by atoms with E-state index in [1.54, 1.807) is 7.05 Å². The Bertz CT molecular complexity index is 874. The average Bonchev–Trinajstić information content (AvgIpc) is 2.69. The number of guanidine groups is 1. The van der Waals surface area contributed by atoms with Crippen molar-refractivity contribution in [1.29, 1.82) is 0 Å². The Labute approximate surface area is 191 Å². The van der Waals surface area contributed by atoms with Crippen LogP contribution >= 0.6 is 24.0 Å². The van der Waals surface area contributed by atoms with E-state index < -0.39 is 9.84 Å². The van der Waals surface area contributed by atoms with Gasteiger partial charge >= 0.3 is 0 Å². The van der Waals surface area contributed by atoms with Crippen LogP contribution in [0, 0.1) is 0 Å². The minimum absolute atomic E-state index is 0. The van der Waals surface area contributed by atoms with Gasteiger partial charge in [-0.05, 0) is 25.0 Å². The first kappa shape index (κ1) is 25.2. The first-order chi connectivity index (χ1) is 13.4. The summed E-state index contributed by atoms with van der Waals surface area (Å²) >= 11 is 0. The van der Waals surface area contributed by atoms with Crippen LogP contribution < -0.4 is 15.4 Å². The summed E-state index contributed by atoms with van der Waals surface area (Å²) < 4.78 is 28.6. The van der Waals surface area contributed by atoms with E-state index in [9.17, 15) is 8.42 Å². The van der Waals surface area contributed by atoms with Gasteiger partial charge in [0.1, 0.15) is 22.2 Å². The summed E-state index contributed by atoms with van der Waals surface area (Å²) in [6.07, 6.45) is 1.77. The zero-order valence-corrected chi connectivity index (χ0v) is 20.2. The zero-order chi connectivity index (χ0) is 20.4. The summed E-state index contributed by atoms with van der Waals surface area (Å²) in [5, 5.41) is 6.48. The number of benzene rings is 2. The number of aliphatic imine (C=N–C) groups is 1. The van der Waals surface area contributed by atoms with Crippen LogP contribution in [0.1, 0.15) is 24.5 Å². The van der Waals surface area contributed by atoms with Crippen molar-refractivity contribution in [2.24, 2.45) is 4.99 Å². The molecule has 0 saturated heterocycles. The third-order valence-corrected chi connectivity index (χ3v) is 5.16. The van der Waals surface area contributed by atoms with Gasteiger partial charge in [0.2, 0.25) is 0 Å². The fourth-order valence-electron chi connectivity index (χ4n) is 2.60.